The van der Waals surface area contributed by atoms with E-state index in [0.717, 1.165) is 5.56 Å². The van der Waals surface area contributed by atoms with E-state index < -0.39 is 0 Å². The van der Waals surface area contributed by atoms with E-state index >= 15 is 0 Å². The van der Waals surface area contributed by atoms with Gasteiger partial charge in [-0.15, -0.1) is 0 Å². The average Bonchev–Trinajstić information content (AvgIpc) is 2.35. The maximum absolute atomic E-state index is 8.73. The minimum absolute atomic E-state index is 0.0164. The van der Waals surface area contributed by atoms with Crippen LogP contribution in [-0.4, -0.2) is 33.0 Å². The van der Waals surface area contributed by atoms with E-state index in [0.29, 0.717) is 17.2 Å². The van der Waals surface area contributed by atoms with E-state index in [9.17, 15) is 0 Å². The van der Waals surface area contributed by atoms with Crippen LogP contribution in [0.15, 0.2) is 18.2 Å². The number of methoxy groups -OCH3 is 3. The molecule has 0 bridgehead atoms. The normalized spacial score (nSPS) is 10.5. The predicted molar refractivity (Wildman–Crippen MR) is 62.2 cm³/mol. The molecule has 4 nitrogen and oxygen atoms in total. The molecule has 0 fully saturated rings. The summed E-state index contributed by atoms with van der Waals surface area (Å²) in [4.78, 5) is 0. The summed E-state index contributed by atoms with van der Waals surface area (Å²) >= 11 is 0. The molecule has 0 amide bonds. The van der Waals surface area contributed by atoms with Gasteiger partial charge in [0.15, 0.2) is 11.5 Å². The summed E-state index contributed by atoms with van der Waals surface area (Å²) < 4.78 is 15.6. The van der Waals surface area contributed by atoms with E-state index in [1.807, 2.05) is 0 Å². The van der Waals surface area contributed by atoms with Crippen LogP contribution in [-0.2, 0) is 0 Å². The molecule has 0 aliphatic rings. The molecule has 0 aliphatic heterocycles. The van der Waals surface area contributed by atoms with Crippen LogP contribution >= 0.6 is 0 Å². The first-order valence-corrected chi connectivity index (χ1v) is 4.84. The summed E-state index contributed by atoms with van der Waals surface area (Å²) in [5.74, 6) is 1.91. The maximum Gasteiger partial charge on any atom is 0.164 e. The molecule has 0 heterocycles. The number of ether oxygens (including phenoxy) is 3. The topological polar surface area (TPSA) is 47.9 Å². The van der Waals surface area contributed by atoms with Crippen molar-refractivity contribution in [1.82, 2.24) is 0 Å². The lowest BCUT2D eigenvalue weighted by Gasteiger charge is -2.11. The summed E-state index contributed by atoms with van der Waals surface area (Å²) in [5.41, 5.74) is 0.828. The molecular weight excluding hydrogens is 208 g/mol. The monoisotopic (exact) mass is 224 g/mol. The zero-order valence-electron chi connectivity index (χ0n) is 9.69. The van der Waals surface area contributed by atoms with Crippen molar-refractivity contribution in [1.29, 1.82) is 0 Å². The number of rotatable bonds is 5. The molecule has 0 unspecified atom stereocenters. The number of benzene rings is 1. The Balaban J connectivity index is 3.20. The Bertz CT molecular complexity index is 372. The Morgan fingerprint density at radius 1 is 1.00 bits per heavy atom. The van der Waals surface area contributed by atoms with E-state index in [1.54, 1.807) is 45.6 Å². The predicted octanol–water partition coefficient (Wildman–Crippen LogP) is 1.72. The average molecular weight is 224 g/mol. The lowest BCUT2D eigenvalue weighted by atomic mass is 10.1. The molecule has 0 saturated carbocycles. The van der Waals surface area contributed by atoms with Crippen molar-refractivity contribution in [2.75, 3.05) is 27.9 Å². The van der Waals surface area contributed by atoms with Gasteiger partial charge < -0.3 is 19.3 Å². The van der Waals surface area contributed by atoms with Gasteiger partial charge in [0.1, 0.15) is 5.75 Å². The van der Waals surface area contributed by atoms with Crippen molar-refractivity contribution >= 4 is 6.08 Å². The van der Waals surface area contributed by atoms with Crippen molar-refractivity contribution in [2.24, 2.45) is 0 Å². The fourth-order valence-electron chi connectivity index (χ4n) is 1.36. The molecule has 4 heteroatoms. The van der Waals surface area contributed by atoms with E-state index in [4.69, 9.17) is 19.3 Å². The molecule has 0 radical (unpaired) electrons. The van der Waals surface area contributed by atoms with Crippen LogP contribution in [0.25, 0.3) is 6.08 Å². The SMILES string of the molecule is COc1cc(OC)c(OC)cc1/C=C/CO. The van der Waals surface area contributed by atoms with Gasteiger partial charge in [-0.05, 0) is 6.07 Å². The Labute approximate surface area is 95.1 Å². The number of hydrogen-bond acceptors (Lipinski definition) is 4. The van der Waals surface area contributed by atoms with Gasteiger partial charge in [-0.1, -0.05) is 12.2 Å². The van der Waals surface area contributed by atoms with Crippen LogP contribution in [0.2, 0.25) is 0 Å². The highest BCUT2D eigenvalue weighted by molar-refractivity contribution is 5.63. The Hall–Kier alpha value is -1.68. The largest absolute Gasteiger partial charge is 0.496 e. The molecule has 88 valence electrons. The smallest absolute Gasteiger partial charge is 0.164 e. The van der Waals surface area contributed by atoms with Crippen LogP contribution in [0.5, 0.6) is 17.2 Å². The molecule has 1 aromatic carbocycles. The molecule has 0 spiro atoms. The minimum atomic E-state index is -0.0164. The molecule has 1 rings (SSSR count). The Morgan fingerprint density at radius 3 is 2.06 bits per heavy atom. The van der Waals surface area contributed by atoms with Crippen LogP contribution in [0.4, 0.5) is 0 Å². The van der Waals surface area contributed by atoms with Gasteiger partial charge in [0, 0.05) is 11.6 Å². The van der Waals surface area contributed by atoms with Crippen LogP contribution < -0.4 is 14.2 Å². The molecule has 0 atom stereocenters. The van der Waals surface area contributed by atoms with Gasteiger partial charge in [0.2, 0.25) is 0 Å². The lowest BCUT2D eigenvalue weighted by Crippen LogP contribution is -1.94. The van der Waals surface area contributed by atoms with Gasteiger partial charge in [0.05, 0.1) is 27.9 Å². The second-order valence-corrected chi connectivity index (χ2v) is 3.03. The summed E-state index contributed by atoms with van der Waals surface area (Å²) in [6, 6.07) is 3.54. The van der Waals surface area contributed by atoms with Crippen LogP contribution in [0, 0.1) is 0 Å². The lowest BCUT2D eigenvalue weighted by molar-refractivity contribution is 0.343. The molecule has 1 N–H and O–H groups in total. The standard InChI is InChI=1S/C12H16O4/c1-14-10-8-12(16-3)11(15-2)7-9(10)5-4-6-13/h4-5,7-8,13H,6H2,1-3H3/b5-4+. The van der Waals surface area contributed by atoms with Crippen molar-refractivity contribution in [3.05, 3.63) is 23.8 Å². The quantitative estimate of drug-likeness (QED) is 0.827. The van der Waals surface area contributed by atoms with Crippen LogP contribution in [0.3, 0.4) is 0 Å². The summed E-state index contributed by atoms with van der Waals surface area (Å²) in [6.45, 7) is -0.0164. The second-order valence-electron chi connectivity index (χ2n) is 3.03. The molecular formula is C12H16O4. The van der Waals surface area contributed by atoms with E-state index in [1.165, 1.54) is 0 Å². The van der Waals surface area contributed by atoms with E-state index in [2.05, 4.69) is 0 Å². The van der Waals surface area contributed by atoms with Crippen molar-refractivity contribution in [3.63, 3.8) is 0 Å². The Kier molecular flexibility index (Phi) is 4.66. The van der Waals surface area contributed by atoms with Crippen molar-refractivity contribution in [3.8, 4) is 17.2 Å². The first-order valence-electron chi connectivity index (χ1n) is 4.84. The highest BCUT2D eigenvalue weighted by Crippen LogP contribution is 2.35. The van der Waals surface area contributed by atoms with Crippen molar-refractivity contribution < 1.29 is 19.3 Å². The molecule has 1 aromatic rings. The fourth-order valence-corrected chi connectivity index (χ4v) is 1.36. The molecule has 16 heavy (non-hydrogen) atoms. The third-order valence-electron chi connectivity index (χ3n) is 2.14. The minimum Gasteiger partial charge on any atom is -0.496 e. The summed E-state index contributed by atoms with van der Waals surface area (Å²) in [5, 5.41) is 8.73. The van der Waals surface area contributed by atoms with Gasteiger partial charge in [0.25, 0.3) is 0 Å². The zero-order chi connectivity index (χ0) is 12.0. The first kappa shape index (κ1) is 12.4. The van der Waals surface area contributed by atoms with Gasteiger partial charge in [-0.2, -0.15) is 0 Å². The first-order chi connectivity index (χ1) is 7.76. The maximum atomic E-state index is 8.73. The van der Waals surface area contributed by atoms with Gasteiger partial charge >= 0.3 is 0 Å². The number of aliphatic hydroxyl groups is 1. The molecule has 0 saturated heterocycles. The van der Waals surface area contributed by atoms with Gasteiger partial charge in [-0.3, -0.25) is 0 Å². The third-order valence-corrected chi connectivity index (χ3v) is 2.14. The number of aliphatic hydroxyl groups excluding tert-OH is 1. The molecule has 0 aliphatic carbocycles. The fraction of sp³-hybridized carbons (Fsp3) is 0.333. The van der Waals surface area contributed by atoms with Gasteiger partial charge in [-0.25, -0.2) is 0 Å². The number of hydrogen-bond donors (Lipinski definition) is 1. The summed E-state index contributed by atoms with van der Waals surface area (Å²) in [6.07, 6.45) is 3.39. The highest BCUT2D eigenvalue weighted by Gasteiger charge is 2.09. The summed E-state index contributed by atoms with van der Waals surface area (Å²) in [7, 11) is 4.72. The Morgan fingerprint density at radius 2 is 1.56 bits per heavy atom. The zero-order valence-corrected chi connectivity index (χ0v) is 9.69. The van der Waals surface area contributed by atoms with Crippen molar-refractivity contribution in [2.45, 2.75) is 0 Å². The van der Waals surface area contributed by atoms with E-state index in [-0.39, 0.29) is 6.61 Å². The third kappa shape index (κ3) is 2.67. The second kappa shape index (κ2) is 6.02. The molecule has 0 aromatic heterocycles. The highest BCUT2D eigenvalue weighted by atomic mass is 16.5. The van der Waals surface area contributed by atoms with Crippen LogP contribution in [0.1, 0.15) is 5.56 Å².